The Kier molecular flexibility index (Phi) is 6.53. The van der Waals surface area contributed by atoms with Gasteiger partial charge in [0.15, 0.2) is 0 Å². The van der Waals surface area contributed by atoms with Gasteiger partial charge in [-0.1, -0.05) is 146 Å². The van der Waals surface area contributed by atoms with Crippen LogP contribution in [0.4, 0.5) is 0 Å². The molecule has 2 nitrogen and oxygen atoms in total. The Bertz CT molecular complexity index is 2920. The van der Waals surface area contributed by atoms with Crippen molar-refractivity contribution in [3.63, 3.8) is 0 Å². The molecule has 0 N–H and O–H groups in total. The largest absolute Gasteiger partial charge is 0.256 e. The molecule has 0 atom stereocenters. The Morgan fingerprint density at radius 3 is 1.62 bits per heavy atom. The quantitative estimate of drug-likeness (QED) is 0.180. The van der Waals surface area contributed by atoms with Gasteiger partial charge in [-0.3, -0.25) is 4.98 Å². The summed E-state index contributed by atoms with van der Waals surface area (Å²) >= 11 is 0. The smallest absolute Gasteiger partial charge is 0.0794 e. The van der Waals surface area contributed by atoms with Crippen LogP contribution in [0.3, 0.4) is 0 Å². The van der Waals surface area contributed by atoms with Crippen LogP contribution in [-0.2, 0) is 0 Å². The van der Waals surface area contributed by atoms with E-state index in [4.69, 9.17) is 9.97 Å². The highest BCUT2D eigenvalue weighted by atomic mass is 14.7. The molecule has 0 amide bonds. The van der Waals surface area contributed by atoms with E-state index in [1.54, 1.807) is 0 Å². The molecule has 0 bridgehead atoms. The van der Waals surface area contributed by atoms with Crippen LogP contribution in [0.25, 0.3) is 98.8 Å². The van der Waals surface area contributed by atoms with Crippen LogP contribution in [0.2, 0.25) is 0 Å². The molecule has 10 aromatic rings. The van der Waals surface area contributed by atoms with E-state index in [9.17, 15) is 0 Å². The first kappa shape index (κ1) is 28.4. The molecule has 2 heteroatoms. The predicted molar refractivity (Wildman–Crippen MR) is 211 cm³/mol. The summed E-state index contributed by atoms with van der Waals surface area (Å²) in [5.41, 5.74) is 11.1. The van der Waals surface area contributed by atoms with Gasteiger partial charge in [0, 0.05) is 33.5 Å². The first-order valence-electron chi connectivity index (χ1n) is 17.1. The molecule has 0 fully saturated rings. The molecule has 2 heterocycles. The fourth-order valence-electron chi connectivity index (χ4n) is 7.55. The molecule has 0 unspecified atom stereocenters. The van der Waals surface area contributed by atoms with Gasteiger partial charge in [0.1, 0.15) is 0 Å². The minimum atomic E-state index is 0.970. The van der Waals surface area contributed by atoms with Crippen LogP contribution < -0.4 is 0 Å². The maximum absolute atomic E-state index is 5.44. The van der Waals surface area contributed by atoms with Gasteiger partial charge in [-0.05, 0) is 85.1 Å². The van der Waals surface area contributed by atoms with Gasteiger partial charge in [0.2, 0.25) is 0 Å². The van der Waals surface area contributed by atoms with E-state index in [0.29, 0.717) is 0 Å². The Morgan fingerprint density at radius 1 is 0.300 bits per heavy atom. The maximum atomic E-state index is 5.44. The van der Waals surface area contributed by atoms with E-state index in [1.165, 1.54) is 49.2 Å². The average molecular weight is 635 g/mol. The standard InChI is InChI=1S/C48H30N2/c1-3-11-36-27-38(24-18-31(36)9-1)44-30-46(39-25-19-32-10-2-4-12-37(32)28-39)50-48-42-16-6-5-15-41(42)43(29-45(44)48)34-22-20-33(21-23-34)40-17-7-13-35-14-8-26-49-47(35)40/h1-30H. The van der Waals surface area contributed by atoms with Gasteiger partial charge in [0.05, 0.1) is 16.7 Å². The molecule has 0 saturated heterocycles. The second-order valence-electron chi connectivity index (χ2n) is 13.0. The highest BCUT2D eigenvalue weighted by molar-refractivity contribution is 6.16. The van der Waals surface area contributed by atoms with Crippen molar-refractivity contribution < 1.29 is 0 Å². The lowest BCUT2D eigenvalue weighted by Crippen LogP contribution is -1.94. The van der Waals surface area contributed by atoms with Crippen LogP contribution in [0, 0.1) is 0 Å². The minimum Gasteiger partial charge on any atom is -0.256 e. The fraction of sp³-hybridized carbons (Fsp3) is 0. The summed E-state index contributed by atoms with van der Waals surface area (Å²) in [7, 11) is 0. The van der Waals surface area contributed by atoms with Crippen LogP contribution in [-0.4, -0.2) is 9.97 Å². The lowest BCUT2D eigenvalue weighted by Gasteiger charge is -2.16. The van der Waals surface area contributed by atoms with Crippen molar-refractivity contribution in [2.24, 2.45) is 0 Å². The van der Waals surface area contributed by atoms with Gasteiger partial charge in [0.25, 0.3) is 0 Å². The van der Waals surface area contributed by atoms with Gasteiger partial charge in [-0.2, -0.15) is 0 Å². The number of hydrogen-bond donors (Lipinski definition) is 0. The minimum absolute atomic E-state index is 0.970. The molecular weight excluding hydrogens is 605 g/mol. The number of pyridine rings is 2. The number of benzene rings is 8. The Morgan fingerprint density at radius 2 is 0.860 bits per heavy atom. The van der Waals surface area contributed by atoms with Crippen molar-refractivity contribution in [2.75, 3.05) is 0 Å². The third kappa shape index (κ3) is 4.73. The Balaban J connectivity index is 1.21. The monoisotopic (exact) mass is 634 g/mol. The topological polar surface area (TPSA) is 25.8 Å². The molecular formula is C48H30N2. The number of fused-ring (bicyclic) bond motifs is 6. The molecule has 50 heavy (non-hydrogen) atoms. The third-order valence-corrected chi connectivity index (χ3v) is 10.1. The highest BCUT2D eigenvalue weighted by Crippen LogP contribution is 2.41. The van der Waals surface area contributed by atoms with Crippen molar-refractivity contribution in [1.29, 1.82) is 0 Å². The van der Waals surface area contributed by atoms with E-state index in [2.05, 4.69) is 170 Å². The van der Waals surface area contributed by atoms with E-state index >= 15 is 0 Å². The van der Waals surface area contributed by atoms with E-state index < -0.39 is 0 Å². The summed E-state index contributed by atoms with van der Waals surface area (Å²) in [5, 5.41) is 9.51. The van der Waals surface area contributed by atoms with Crippen LogP contribution in [0.1, 0.15) is 0 Å². The molecule has 0 aliphatic heterocycles. The Hall–Kier alpha value is -6.64. The van der Waals surface area contributed by atoms with Crippen molar-refractivity contribution in [3.8, 4) is 44.6 Å². The molecule has 0 aliphatic rings. The summed E-state index contributed by atoms with van der Waals surface area (Å²) in [5.74, 6) is 0. The molecule has 0 saturated carbocycles. The molecule has 0 spiro atoms. The average Bonchev–Trinajstić information content (AvgIpc) is 3.19. The molecule has 0 radical (unpaired) electrons. The molecule has 0 aliphatic carbocycles. The van der Waals surface area contributed by atoms with E-state index in [0.717, 1.165) is 49.6 Å². The first-order chi connectivity index (χ1) is 24.8. The van der Waals surface area contributed by atoms with Crippen LogP contribution in [0.5, 0.6) is 0 Å². The first-order valence-corrected chi connectivity index (χ1v) is 17.1. The zero-order valence-electron chi connectivity index (χ0n) is 27.2. The highest BCUT2D eigenvalue weighted by Gasteiger charge is 2.17. The number of para-hydroxylation sites is 1. The van der Waals surface area contributed by atoms with Gasteiger partial charge in [-0.15, -0.1) is 0 Å². The van der Waals surface area contributed by atoms with Gasteiger partial charge < -0.3 is 0 Å². The lowest BCUT2D eigenvalue weighted by molar-refractivity contribution is 1.41. The van der Waals surface area contributed by atoms with Crippen LogP contribution in [0.15, 0.2) is 182 Å². The number of aromatic nitrogens is 2. The SMILES string of the molecule is c1ccc2cc(-c3cc(-c4ccc5ccccc5c4)c4cc(-c5ccc(-c6cccc7cccnc67)cc5)c5ccccc5c4n3)ccc2c1. The van der Waals surface area contributed by atoms with Crippen molar-refractivity contribution in [2.45, 2.75) is 0 Å². The zero-order chi connectivity index (χ0) is 33.0. The lowest BCUT2D eigenvalue weighted by atomic mass is 9.90. The number of nitrogens with zero attached hydrogens (tertiary/aromatic N) is 2. The summed E-state index contributed by atoms with van der Waals surface area (Å²) in [6, 6.07) is 63.3. The van der Waals surface area contributed by atoms with E-state index in [1.807, 2.05) is 12.3 Å². The fourth-order valence-corrected chi connectivity index (χ4v) is 7.55. The number of hydrogen-bond acceptors (Lipinski definition) is 2. The zero-order valence-corrected chi connectivity index (χ0v) is 27.2. The molecule has 2 aromatic heterocycles. The van der Waals surface area contributed by atoms with Gasteiger partial charge in [-0.25, -0.2) is 4.98 Å². The van der Waals surface area contributed by atoms with Crippen LogP contribution >= 0.6 is 0 Å². The summed E-state index contributed by atoms with van der Waals surface area (Å²) in [6.07, 6.45) is 1.87. The summed E-state index contributed by atoms with van der Waals surface area (Å²) in [4.78, 5) is 10.1. The van der Waals surface area contributed by atoms with Crippen molar-refractivity contribution in [3.05, 3.63) is 182 Å². The summed E-state index contributed by atoms with van der Waals surface area (Å²) < 4.78 is 0. The summed E-state index contributed by atoms with van der Waals surface area (Å²) in [6.45, 7) is 0. The van der Waals surface area contributed by atoms with Crippen molar-refractivity contribution in [1.82, 2.24) is 9.97 Å². The molecule has 10 rings (SSSR count). The Labute approximate surface area is 290 Å². The van der Waals surface area contributed by atoms with Crippen molar-refractivity contribution >= 4 is 54.1 Å². The molecule has 232 valence electrons. The number of rotatable bonds is 4. The predicted octanol–water partition coefficient (Wildman–Crippen LogP) is 12.9. The second-order valence-corrected chi connectivity index (χ2v) is 13.0. The maximum Gasteiger partial charge on any atom is 0.0794 e. The normalized spacial score (nSPS) is 11.6. The molecule has 8 aromatic carbocycles. The van der Waals surface area contributed by atoms with E-state index in [-0.39, 0.29) is 0 Å². The second kappa shape index (κ2) is 11.5. The van der Waals surface area contributed by atoms with Gasteiger partial charge >= 0.3 is 0 Å². The third-order valence-electron chi connectivity index (χ3n) is 10.1.